The number of carbonyl (C=O) groups is 1. The van der Waals surface area contributed by atoms with E-state index in [1.54, 1.807) is 19.4 Å². The molecular weight excluding hydrogens is 590 g/mol. The normalized spacial score (nSPS) is 16.5. The Morgan fingerprint density at radius 1 is 1.07 bits per heavy atom. The van der Waals surface area contributed by atoms with E-state index in [-0.39, 0.29) is 11.0 Å². The quantitative estimate of drug-likeness (QED) is 0.189. The summed E-state index contributed by atoms with van der Waals surface area (Å²) >= 11 is 6.41. The molecule has 1 amide bonds. The summed E-state index contributed by atoms with van der Waals surface area (Å²) in [7, 11) is -2.57. The molecule has 3 aromatic rings. The van der Waals surface area contributed by atoms with Gasteiger partial charge in [0.15, 0.2) is 11.6 Å². The molecular formula is C30H37ClFN8O2P. The maximum atomic E-state index is 13.7. The third-order valence-corrected chi connectivity index (χ3v) is 9.53. The zero-order valence-corrected chi connectivity index (χ0v) is 26.0. The molecule has 0 unspecified atom stereocenters. The van der Waals surface area contributed by atoms with Crippen LogP contribution in [0, 0.1) is 0 Å². The molecule has 2 saturated heterocycles. The van der Waals surface area contributed by atoms with Crippen LogP contribution in [0.4, 0.5) is 38.9 Å². The Balaban J connectivity index is 1.35. The van der Waals surface area contributed by atoms with Crippen LogP contribution < -0.4 is 31.5 Å². The number of carbonyl (C=O) groups excluding carboxylic acids is 1. The molecule has 5 rings (SSSR count). The molecule has 0 radical (unpaired) electrons. The van der Waals surface area contributed by atoms with Gasteiger partial charge in [-0.2, -0.15) is 4.98 Å². The van der Waals surface area contributed by atoms with E-state index in [1.807, 2.05) is 36.4 Å². The summed E-state index contributed by atoms with van der Waals surface area (Å²) < 4.78 is 26.5. The molecule has 43 heavy (non-hydrogen) atoms. The molecule has 4 N–H and O–H groups in total. The minimum Gasteiger partial charge on any atom is -0.370 e. The van der Waals surface area contributed by atoms with Crippen LogP contribution in [0.15, 0.2) is 61.1 Å². The number of hydrogen-bond donors (Lipinski definition) is 4. The Bertz CT molecular complexity index is 1540. The van der Waals surface area contributed by atoms with Gasteiger partial charge in [-0.25, -0.2) is 9.37 Å². The van der Waals surface area contributed by atoms with E-state index < -0.39 is 18.9 Å². The van der Waals surface area contributed by atoms with E-state index >= 15 is 0 Å². The molecule has 10 nitrogen and oxygen atoms in total. The highest BCUT2D eigenvalue weighted by Crippen LogP contribution is 2.39. The smallest absolute Gasteiger partial charge is 0.283 e. The number of rotatable bonds is 9. The average Bonchev–Trinajstić information content (AvgIpc) is 2.99. The third-order valence-electron chi connectivity index (χ3n) is 7.70. The summed E-state index contributed by atoms with van der Waals surface area (Å²) in [5, 5.41) is 13.4. The van der Waals surface area contributed by atoms with Crippen molar-refractivity contribution < 1.29 is 13.8 Å². The summed E-state index contributed by atoms with van der Waals surface area (Å²) in [4.78, 5) is 25.9. The number of anilines is 6. The van der Waals surface area contributed by atoms with Gasteiger partial charge in [0.2, 0.25) is 5.95 Å². The fourth-order valence-electron chi connectivity index (χ4n) is 5.52. The van der Waals surface area contributed by atoms with Crippen LogP contribution in [0.25, 0.3) is 0 Å². The van der Waals surface area contributed by atoms with Gasteiger partial charge in [-0.15, -0.1) is 0 Å². The van der Waals surface area contributed by atoms with Gasteiger partial charge in [-0.1, -0.05) is 30.3 Å². The van der Waals surface area contributed by atoms with Crippen molar-refractivity contribution in [1.82, 2.24) is 20.2 Å². The number of aromatic nitrogens is 2. The highest BCUT2D eigenvalue weighted by atomic mass is 35.5. The second-order valence-electron chi connectivity index (χ2n) is 11.1. The maximum absolute atomic E-state index is 13.7. The summed E-state index contributed by atoms with van der Waals surface area (Å²) in [6, 6.07) is 13.3. The van der Waals surface area contributed by atoms with Gasteiger partial charge >= 0.3 is 0 Å². The number of nitrogens with one attached hydrogen (secondary N) is 4. The molecule has 0 atom stereocenters. The number of hydrogen-bond acceptors (Lipinski definition) is 9. The molecule has 2 fully saturated rings. The van der Waals surface area contributed by atoms with Crippen molar-refractivity contribution in [3.63, 3.8) is 0 Å². The first-order valence-electron chi connectivity index (χ1n) is 14.3. The van der Waals surface area contributed by atoms with Gasteiger partial charge in [-0.05, 0) is 56.5 Å². The number of para-hydroxylation sites is 1. The Morgan fingerprint density at radius 3 is 2.49 bits per heavy atom. The van der Waals surface area contributed by atoms with Crippen LogP contribution in [0.3, 0.4) is 0 Å². The van der Waals surface area contributed by atoms with Gasteiger partial charge in [0.25, 0.3) is 5.91 Å². The van der Waals surface area contributed by atoms with Gasteiger partial charge in [0.05, 0.1) is 23.3 Å². The lowest BCUT2D eigenvalue weighted by molar-refractivity contribution is -0.114. The Morgan fingerprint density at radius 2 is 1.79 bits per heavy atom. The number of nitrogens with zero attached hydrogens (tertiary/aromatic N) is 4. The number of piperidine rings is 1. The van der Waals surface area contributed by atoms with E-state index in [4.69, 9.17) is 11.6 Å². The Hall–Kier alpha value is -3.50. The van der Waals surface area contributed by atoms with Crippen molar-refractivity contribution in [2.45, 2.75) is 18.9 Å². The Kier molecular flexibility index (Phi) is 9.66. The minimum atomic E-state index is -2.57. The topological polar surface area (TPSA) is 115 Å². The largest absolute Gasteiger partial charge is 0.370 e. The van der Waals surface area contributed by atoms with Crippen molar-refractivity contribution in [3.05, 3.63) is 66.1 Å². The Labute approximate surface area is 256 Å². The van der Waals surface area contributed by atoms with Crippen LogP contribution >= 0.6 is 18.7 Å². The average molecular weight is 627 g/mol. The molecule has 228 valence electrons. The fourth-order valence-corrected chi connectivity index (χ4v) is 6.81. The molecule has 0 saturated carbocycles. The van der Waals surface area contributed by atoms with Crippen molar-refractivity contribution in [2.24, 2.45) is 0 Å². The number of piperazine rings is 1. The van der Waals surface area contributed by atoms with Crippen LogP contribution in [-0.2, 0) is 9.36 Å². The molecule has 0 aliphatic carbocycles. The first-order valence-corrected chi connectivity index (χ1v) is 17.3. The molecule has 2 aliphatic heterocycles. The van der Waals surface area contributed by atoms with Crippen molar-refractivity contribution in [3.8, 4) is 0 Å². The molecule has 0 bridgehead atoms. The zero-order chi connectivity index (χ0) is 30.6. The van der Waals surface area contributed by atoms with Crippen molar-refractivity contribution in [1.29, 1.82) is 0 Å². The summed E-state index contributed by atoms with van der Waals surface area (Å²) in [5.41, 5.74) is 2.49. The minimum absolute atomic E-state index is 0.248. The second kappa shape index (κ2) is 13.4. The molecule has 2 aliphatic rings. The predicted molar refractivity (Wildman–Crippen MR) is 174 cm³/mol. The van der Waals surface area contributed by atoms with Gasteiger partial charge < -0.3 is 30.7 Å². The molecule has 1 aromatic heterocycles. The lowest BCUT2D eigenvalue weighted by Crippen LogP contribution is -2.52. The van der Waals surface area contributed by atoms with Crippen LogP contribution in [0.2, 0.25) is 5.02 Å². The summed E-state index contributed by atoms with van der Waals surface area (Å²) in [6.07, 6.45) is 3.48. The summed E-state index contributed by atoms with van der Waals surface area (Å²) in [5.74, 6) is -1.38. The second-order valence-corrected chi connectivity index (χ2v) is 14.7. The first-order chi connectivity index (χ1) is 20.6. The first kappa shape index (κ1) is 30.9. The monoisotopic (exact) mass is 626 g/mol. The number of benzene rings is 2. The highest BCUT2D eigenvalue weighted by molar-refractivity contribution is 7.70. The lowest BCUT2D eigenvalue weighted by Gasteiger charge is -2.41. The van der Waals surface area contributed by atoms with Gasteiger partial charge in [-0.3, -0.25) is 9.69 Å². The van der Waals surface area contributed by atoms with Gasteiger partial charge in [0.1, 0.15) is 12.2 Å². The number of halogens is 2. The van der Waals surface area contributed by atoms with Crippen molar-refractivity contribution in [2.75, 3.05) is 73.4 Å². The standard InChI is InChI=1S/C30H37ClFN8O2P/c1-20(32)29(41)37-25-18-21(8-9-26(25)40-14-10-22(11-15-40)39-16-12-33-13-17-39)35-30-34-19-23(31)28(38-30)36-24-6-4-5-7-27(24)43(2,3)42/h4-9,18-19,22,33H,1,10-17H2,2-3H3,(H,37,41)(H2,34,35,36,38). The van der Waals surface area contributed by atoms with Crippen LogP contribution in [0.5, 0.6) is 0 Å². The zero-order valence-electron chi connectivity index (χ0n) is 24.4. The van der Waals surface area contributed by atoms with Gasteiger partial charge in [0, 0.05) is 56.3 Å². The van der Waals surface area contributed by atoms with Crippen LogP contribution in [-0.4, -0.2) is 79.4 Å². The number of amides is 1. The third kappa shape index (κ3) is 7.72. The summed E-state index contributed by atoms with van der Waals surface area (Å²) in [6.45, 7) is 12.3. The van der Waals surface area contributed by atoms with E-state index in [9.17, 15) is 13.8 Å². The molecule has 2 aromatic carbocycles. The maximum Gasteiger partial charge on any atom is 0.283 e. The van der Waals surface area contributed by atoms with E-state index in [1.165, 1.54) is 6.20 Å². The SMILES string of the molecule is C=C(F)C(=O)Nc1cc(Nc2ncc(Cl)c(Nc3ccccc3P(C)(C)=O)n2)ccc1N1CCC(N2CCNCC2)CC1. The predicted octanol–water partition coefficient (Wildman–Crippen LogP) is 5.16. The molecule has 3 heterocycles. The molecule has 0 spiro atoms. The lowest BCUT2D eigenvalue weighted by atomic mass is 10.0. The van der Waals surface area contributed by atoms with E-state index in [0.29, 0.717) is 34.2 Å². The fraction of sp³-hybridized carbons (Fsp3) is 0.367. The van der Waals surface area contributed by atoms with E-state index in [0.717, 1.165) is 57.8 Å². The molecule has 13 heteroatoms. The highest BCUT2D eigenvalue weighted by Gasteiger charge is 2.27. The van der Waals surface area contributed by atoms with Crippen molar-refractivity contribution >= 4 is 64.5 Å². The van der Waals surface area contributed by atoms with E-state index in [2.05, 4.69) is 47.6 Å². The van der Waals surface area contributed by atoms with Crippen LogP contribution in [0.1, 0.15) is 12.8 Å².